The second kappa shape index (κ2) is 4.79. The van der Waals surface area contributed by atoms with Crippen LogP contribution < -0.4 is 5.32 Å². The summed E-state index contributed by atoms with van der Waals surface area (Å²) in [6.45, 7) is 7.28. The standard InChI is InChI=1S/C15H22N2/c1-12-9-16-10-15(12)17-8-7-14(11-17)13-5-3-2-4-6-13/h2-6,12,14-16H,7-11H2,1H3. The molecule has 3 rings (SSSR count). The van der Waals surface area contributed by atoms with Crippen LogP contribution in [0.4, 0.5) is 0 Å². The number of nitrogens with one attached hydrogen (secondary N) is 1. The van der Waals surface area contributed by atoms with Gasteiger partial charge in [-0.3, -0.25) is 4.90 Å². The Bertz CT molecular complexity index is 362. The Hall–Kier alpha value is -0.860. The van der Waals surface area contributed by atoms with Crippen LogP contribution in [0.2, 0.25) is 0 Å². The van der Waals surface area contributed by atoms with Crippen molar-refractivity contribution in [2.45, 2.75) is 25.3 Å². The van der Waals surface area contributed by atoms with E-state index in [1.807, 2.05) is 0 Å². The molecule has 2 aliphatic rings. The van der Waals surface area contributed by atoms with Crippen LogP contribution in [-0.4, -0.2) is 37.1 Å². The first-order chi connectivity index (χ1) is 8.34. The Kier molecular flexibility index (Phi) is 3.17. The molecule has 0 radical (unpaired) electrons. The monoisotopic (exact) mass is 230 g/mol. The molecule has 1 aromatic carbocycles. The third-order valence-electron chi connectivity index (χ3n) is 4.44. The summed E-state index contributed by atoms with van der Waals surface area (Å²) in [5, 5.41) is 3.51. The molecule has 0 aliphatic carbocycles. The van der Waals surface area contributed by atoms with Crippen molar-refractivity contribution in [3.63, 3.8) is 0 Å². The fraction of sp³-hybridized carbons (Fsp3) is 0.600. The van der Waals surface area contributed by atoms with Crippen molar-refractivity contribution >= 4 is 0 Å². The van der Waals surface area contributed by atoms with Gasteiger partial charge in [-0.25, -0.2) is 0 Å². The third-order valence-corrected chi connectivity index (χ3v) is 4.44. The van der Waals surface area contributed by atoms with Crippen molar-refractivity contribution in [3.8, 4) is 0 Å². The Morgan fingerprint density at radius 1 is 1.18 bits per heavy atom. The fourth-order valence-corrected chi connectivity index (χ4v) is 3.37. The number of likely N-dealkylation sites (tertiary alicyclic amines) is 1. The van der Waals surface area contributed by atoms with E-state index in [2.05, 4.69) is 47.5 Å². The maximum atomic E-state index is 3.51. The van der Waals surface area contributed by atoms with Gasteiger partial charge in [-0.2, -0.15) is 0 Å². The van der Waals surface area contributed by atoms with Gasteiger partial charge in [0.15, 0.2) is 0 Å². The molecule has 2 fully saturated rings. The summed E-state index contributed by atoms with van der Waals surface area (Å²) >= 11 is 0. The Labute approximate surface area is 104 Å². The lowest BCUT2D eigenvalue weighted by Gasteiger charge is -2.26. The molecule has 1 aromatic rings. The molecule has 0 amide bonds. The first kappa shape index (κ1) is 11.2. The normalized spacial score (nSPS) is 34.3. The van der Waals surface area contributed by atoms with Gasteiger partial charge in [-0.15, -0.1) is 0 Å². The molecule has 2 heteroatoms. The molecular weight excluding hydrogens is 208 g/mol. The lowest BCUT2D eigenvalue weighted by atomic mass is 9.98. The van der Waals surface area contributed by atoms with Gasteiger partial charge in [-0.05, 0) is 36.9 Å². The average molecular weight is 230 g/mol. The molecule has 2 saturated heterocycles. The van der Waals surface area contributed by atoms with Crippen LogP contribution >= 0.6 is 0 Å². The number of hydrogen-bond acceptors (Lipinski definition) is 2. The average Bonchev–Trinajstić information content (AvgIpc) is 2.98. The Morgan fingerprint density at radius 3 is 2.71 bits per heavy atom. The predicted octanol–water partition coefficient (Wildman–Crippen LogP) is 2.08. The van der Waals surface area contributed by atoms with E-state index >= 15 is 0 Å². The first-order valence-electron chi connectivity index (χ1n) is 6.84. The number of benzene rings is 1. The van der Waals surface area contributed by atoms with Gasteiger partial charge in [0.2, 0.25) is 0 Å². The highest BCUT2D eigenvalue weighted by Crippen LogP contribution is 2.30. The zero-order valence-corrected chi connectivity index (χ0v) is 10.6. The molecule has 0 spiro atoms. The van der Waals surface area contributed by atoms with E-state index in [-0.39, 0.29) is 0 Å². The van der Waals surface area contributed by atoms with Crippen LogP contribution in [0.5, 0.6) is 0 Å². The number of rotatable bonds is 2. The van der Waals surface area contributed by atoms with Crippen LogP contribution in [0.1, 0.15) is 24.8 Å². The summed E-state index contributed by atoms with van der Waals surface area (Å²) in [5.41, 5.74) is 1.52. The molecule has 2 aliphatic heterocycles. The molecule has 3 unspecified atom stereocenters. The van der Waals surface area contributed by atoms with Crippen molar-refractivity contribution in [1.82, 2.24) is 10.2 Å². The largest absolute Gasteiger partial charge is 0.315 e. The second-order valence-corrected chi connectivity index (χ2v) is 5.59. The molecule has 3 atom stereocenters. The maximum absolute atomic E-state index is 3.51. The van der Waals surface area contributed by atoms with E-state index in [1.54, 1.807) is 0 Å². The van der Waals surface area contributed by atoms with Gasteiger partial charge in [0, 0.05) is 19.1 Å². The summed E-state index contributed by atoms with van der Waals surface area (Å²) in [7, 11) is 0. The predicted molar refractivity (Wildman–Crippen MR) is 71.2 cm³/mol. The topological polar surface area (TPSA) is 15.3 Å². The maximum Gasteiger partial charge on any atom is 0.0258 e. The Morgan fingerprint density at radius 2 is 2.00 bits per heavy atom. The SMILES string of the molecule is CC1CNCC1N1CCC(c2ccccc2)C1. The molecule has 0 bridgehead atoms. The van der Waals surface area contributed by atoms with E-state index in [4.69, 9.17) is 0 Å². The van der Waals surface area contributed by atoms with Gasteiger partial charge in [0.25, 0.3) is 0 Å². The zero-order valence-electron chi connectivity index (χ0n) is 10.6. The van der Waals surface area contributed by atoms with E-state index in [0.717, 1.165) is 17.9 Å². The summed E-state index contributed by atoms with van der Waals surface area (Å²) in [6, 6.07) is 11.8. The summed E-state index contributed by atoms with van der Waals surface area (Å²) < 4.78 is 0. The van der Waals surface area contributed by atoms with Gasteiger partial charge in [0.1, 0.15) is 0 Å². The quantitative estimate of drug-likeness (QED) is 0.837. The van der Waals surface area contributed by atoms with Crippen LogP contribution in [-0.2, 0) is 0 Å². The molecule has 1 N–H and O–H groups in total. The summed E-state index contributed by atoms with van der Waals surface area (Å²) in [5.74, 6) is 1.56. The van der Waals surface area contributed by atoms with Crippen molar-refractivity contribution in [2.75, 3.05) is 26.2 Å². The summed E-state index contributed by atoms with van der Waals surface area (Å²) in [4.78, 5) is 2.70. The molecular formula is C15H22N2. The van der Waals surface area contributed by atoms with Crippen molar-refractivity contribution in [2.24, 2.45) is 5.92 Å². The molecule has 2 nitrogen and oxygen atoms in total. The van der Waals surface area contributed by atoms with Crippen LogP contribution in [0, 0.1) is 5.92 Å². The third kappa shape index (κ3) is 2.24. The van der Waals surface area contributed by atoms with Gasteiger partial charge in [0.05, 0.1) is 0 Å². The van der Waals surface area contributed by atoms with Crippen molar-refractivity contribution in [1.29, 1.82) is 0 Å². The van der Waals surface area contributed by atoms with E-state index in [9.17, 15) is 0 Å². The van der Waals surface area contributed by atoms with Crippen LogP contribution in [0.3, 0.4) is 0 Å². The first-order valence-corrected chi connectivity index (χ1v) is 6.84. The minimum Gasteiger partial charge on any atom is -0.315 e. The minimum absolute atomic E-state index is 0.754. The van der Waals surface area contributed by atoms with Gasteiger partial charge >= 0.3 is 0 Å². The van der Waals surface area contributed by atoms with Gasteiger partial charge < -0.3 is 5.32 Å². The molecule has 2 heterocycles. The van der Waals surface area contributed by atoms with E-state index < -0.39 is 0 Å². The van der Waals surface area contributed by atoms with E-state index in [0.29, 0.717) is 0 Å². The molecule has 0 saturated carbocycles. The van der Waals surface area contributed by atoms with Gasteiger partial charge in [-0.1, -0.05) is 37.3 Å². The van der Waals surface area contributed by atoms with Crippen LogP contribution in [0.15, 0.2) is 30.3 Å². The van der Waals surface area contributed by atoms with E-state index in [1.165, 1.54) is 38.2 Å². The summed E-state index contributed by atoms with van der Waals surface area (Å²) in [6.07, 6.45) is 1.33. The second-order valence-electron chi connectivity index (χ2n) is 5.59. The number of nitrogens with zero attached hydrogens (tertiary/aromatic N) is 1. The minimum atomic E-state index is 0.754. The van der Waals surface area contributed by atoms with Crippen molar-refractivity contribution < 1.29 is 0 Å². The lowest BCUT2D eigenvalue weighted by molar-refractivity contribution is 0.217. The fourth-order valence-electron chi connectivity index (χ4n) is 3.37. The highest BCUT2D eigenvalue weighted by molar-refractivity contribution is 5.21. The smallest absolute Gasteiger partial charge is 0.0258 e. The molecule has 0 aromatic heterocycles. The highest BCUT2D eigenvalue weighted by atomic mass is 15.2. The highest BCUT2D eigenvalue weighted by Gasteiger charge is 2.34. The zero-order chi connectivity index (χ0) is 11.7. The lowest BCUT2D eigenvalue weighted by Crippen LogP contribution is -2.38. The number of hydrogen-bond donors (Lipinski definition) is 1. The molecule has 92 valence electrons. The Balaban J connectivity index is 1.66. The van der Waals surface area contributed by atoms with Crippen LogP contribution in [0.25, 0.3) is 0 Å². The molecule has 17 heavy (non-hydrogen) atoms. The van der Waals surface area contributed by atoms with Crippen molar-refractivity contribution in [3.05, 3.63) is 35.9 Å².